The van der Waals surface area contributed by atoms with Crippen molar-refractivity contribution in [2.45, 2.75) is 58.2 Å². The highest BCUT2D eigenvalue weighted by Crippen LogP contribution is 2.25. The molecule has 1 aromatic heterocycles. The van der Waals surface area contributed by atoms with Crippen LogP contribution in [0.4, 0.5) is 13.2 Å². The average molecular weight is 293 g/mol. The van der Waals surface area contributed by atoms with Gasteiger partial charge in [-0.15, -0.1) is 11.3 Å². The molecule has 0 saturated heterocycles. The summed E-state index contributed by atoms with van der Waals surface area (Å²) >= 11 is 1.71. The van der Waals surface area contributed by atoms with Crippen LogP contribution in [-0.2, 0) is 12.8 Å². The molecule has 1 aromatic rings. The molecule has 19 heavy (non-hydrogen) atoms. The van der Waals surface area contributed by atoms with E-state index in [9.17, 15) is 13.2 Å². The number of thiophene rings is 1. The Hall–Kier alpha value is -0.550. The Kier molecular flexibility index (Phi) is 6.86. The Morgan fingerprint density at radius 3 is 2.42 bits per heavy atom. The molecule has 1 N–H and O–H groups in total. The van der Waals surface area contributed by atoms with Gasteiger partial charge in [-0.1, -0.05) is 13.8 Å². The van der Waals surface area contributed by atoms with Crippen molar-refractivity contribution in [3.63, 3.8) is 0 Å². The molecule has 110 valence electrons. The summed E-state index contributed by atoms with van der Waals surface area (Å²) in [5, 5.41) is 3.22. The number of aryl methyl sites for hydroxylation is 1. The molecule has 1 nitrogen and oxygen atoms in total. The molecular weight excluding hydrogens is 271 g/mol. The molecule has 0 radical (unpaired) electrons. The number of halogens is 3. The predicted octanol–water partition coefficient (Wildman–Crippen LogP) is 4.56. The van der Waals surface area contributed by atoms with E-state index in [-0.39, 0.29) is 12.5 Å². The van der Waals surface area contributed by atoms with Crippen LogP contribution in [0.3, 0.4) is 0 Å². The van der Waals surface area contributed by atoms with E-state index < -0.39 is 12.6 Å². The third-order valence-electron chi connectivity index (χ3n) is 2.97. The quantitative estimate of drug-likeness (QED) is 0.740. The summed E-state index contributed by atoms with van der Waals surface area (Å²) in [6, 6.07) is 4.03. The fourth-order valence-electron chi connectivity index (χ4n) is 1.93. The highest BCUT2D eigenvalue weighted by Gasteiger charge is 2.28. The zero-order valence-electron chi connectivity index (χ0n) is 11.5. The van der Waals surface area contributed by atoms with E-state index in [1.165, 1.54) is 9.75 Å². The number of nitrogens with one attached hydrogen (secondary N) is 1. The summed E-state index contributed by atoms with van der Waals surface area (Å²) in [5.41, 5.74) is 0. The number of rotatable bonds is 8. The summed E-state index contributed by atoms with van der Waals surface area (Å²) in [5.74, 6) is 0. The molecule has 1 atom stereocenters. The average Bonchev–Trinajstić information content (AvgIpc) is 2.79. The predicted molar refractivity (Wildman–Crippen MR) is 74.8 cm³/mol. The normalized spacial score (nSPS) is 13.7. The maximum absolute atomic E-state index is 12.3. The van der Waals surface area contributed by atoms with Crippen molar-refractivity contribution < 1.29 is 13.2 Å². The first-order valence-electron chi connectivity index (χ1n) is 6.82. The van der Waals surface area contributed by atoms with Gasteiger partial charge in [0.25, 0.3) is 0 Å². The van der Waals surface area contributed by atoms with Gasteiger partial charge in [0.15, 0.2) is 0 Å². The molecule has 1 rings (SSSR count). The third-order valence-corrected chi connectivity index (χ3v) is 4.22. The SMILES string of the molecule is CCCNC(CCC(F)(F)F)Cc1ccc(CC)s1. The van der Waals surface area contributed by atoms with Gasteiger partial charge in [-0.25, -0.2) is 0 Å². The van der Waals surface area contributed by atoms with E-state index in [1.807, 2.05) is 13.0 Å². The molecule has 0 bridgehead atoms. The minimum absolute atomic E-state index is 0.0788. The molecule has 1 unspecified atom stereocenters. The van der Waals surface area contributed by atoms with E-state index in [4.69, 9.17) is 0 Å². The molecule has 1 heterocycles. The molecule has 0 aliphatic carbocycles. The summed E-state index contributed by atoms with van der Waals surface area (Å²) in [7, 11) is 0. The van der Waals surface area contributed by atoms with Gasteiger partial charge in [-0.05, 0) is 44.4 Å². The van der Waals surface area contributed by atoms with Gasteiger partial charge in [-0.3, -0.25) is 0 Å². The zero-order valence-corrected chi connectivity index (χ0v) is 12.3. The molecule has 0 saturated carbocycles. The highest BCUT2D eigenvalue weighted by atomic mass is 32.1. The van der Waals surface area contributed by atoms with E-state index in [0.717, 1.165) is 19.4 Å². The summed E-state index contributed by atoms with van der Waals surface area (Å²) < 4.78 is 36.9. The molecule has 0 fully saturated rings. The van der Waals surface area contributed by atoms with Gasteiger partial charge in [0.1, 0.15) is 0 Å². The van der Waals surface area contributed by atoms with Crippen LogP contribution in [0.25, 0.3) is 0 Å². The van der Waals surface area contributed by atoms with Crippen molar-refractivity contribution in [1.29, 1.82) is 0 Å². The number of hydrogen-bond acceptors (Lipinski definition) is 2. The van der Waals surface area contributed by atoms with Crippen LogP contribution >= 0.6 is 11.3 Å². The lowest BCUT2D eigenvalue weighted by Gasteiger charge is -2.18. The van der Waals surface area contributed by atoms with Gasteiger partial charge in [0.05, 0.1) is 0 Å². The number of alkyl halides is 3. The van der Waals surface area contributed by atoms with E-state index >= 15 is 0 Å². The lowest BCUT2D eigenvalue weighted by atomic mass is 10.1. The van der Waals surface area contributed by atoms with Crippen LogP contribution in [0.15, 0.2) is 12.1 Å². The Labute approximate surface area is 117 Å². The second kappa shape index (κ2) is 7.90. The van der Waals surface area contributed by atoms with Crippen molar-refractivity contribution in [2.24, 2.45) is 0 Å². The fraction of sp³-hybridized carbons (Fsp3) is 0.714. The van der Waals surface area contributed by atoms with E-state index in [1.54, 1.807) is 11.3 Å². The maximum atomic E-state index is 12.3. The largest absolute Gasteiger partial charge is 0.389 e. The number of hydrogen-bond donors (Lipinski definition) is 1. The first-order valence-corrected chi connectivity index (χ1v) is 7.64. The maximum Gasteiger partial charge on any atom is 0.389 e. The Morgan fingerprint density at radius 2 is 1.89 bits per heavy atom. The van der Waals surface area contributed by atoms with Gasteiger partial charge < -0.3 is 5.32 Å². The van der Waals surface area contributed by atoms with E-state index in [2.05, 4.69) is 18.3 Å². The first kappa shape index (κ1) is 16.5. The topological polar surface area (TPSA) is 12.0 Å². The smallest absolute Gasteiger partial charge is 0.314 e. The zero-order chi connectivity index (χ0) is 14.3. The van der Waals surface area contributed by atoms with Crippen LogP contribution in [0, 0.1) is 0 Å². The minimum Gasteiger partial charge on any atom is -0.314 e. The second-order valence-corrected chi connectivity index (χ2v) is 5.98. The monoisotopic (exact) mass is 293 g/mol. The van der Waals surface area contributed by atoms with Crippen LogP contribution in [0.2, 0.25) is 0 Å². The van der Waals surface area contributed by atoms with Gasteiger partial charge >= 0.3 is 6.18 Å². The third kappa shape index (κ3) is 6.97. The lowest BCUT2D eigenvalue weighted by Crippen LogP contribution is -2.32. The Morgan fingerprint density at radius 1 is 1.21 bits per heavy atom. The van der Waals surface area contributed by atoms with Crippen molar-refractivity contribution in [3.05, 3.63) is 21.9 Å². The fourth-order valence-corrected chi connectivity index (χ4v) is 2.97. The summed E-state index contributed by atoms with van der Waals surface area (Å²) in [6.45, 7) is 4.88. The molecular formula is C14H22F3NS. The molecule has 5 heteroatoms. The lowest BCUT2D eigenvalue weighted by molar-refractivity contribution is -0.136. The van der Waals surface area contributed by atoms with Crippen molar-refractivity contribution >= 4 is 11.3 Å². The molecule has 0 spiro atoms. The Balaban J connectivity index is 2.52. The minimum atomic E-state index is -4.06. The Bertz CT molecular complexity index is 360. The van der Waals surface area contributed by atoms with Crippen molar-refractivity contribution in [1.82, 2.24) is 5.32 Å². The van der Waals surface area contributed by atoms with Gasteiger partial charge in [0, 0.05) is 22.2 Å². The van der Waals surface area contributed by atoms with Crippen LogP contribution in [0.1, 0.15) is 42.9 Å². The van der Waals surface area contributed by atoms with Crippen molar-refractivity contribution in [3.8, 4) is 0 Å². The standard InChI is InChI=1S/C14H22F3NS/c1-3-9-18-11(7-8-14(15,16)17)10-13-6-5-12(4-2)19-13/h5-6,11,18H,3-4,7-10H2,1-2H3. The molecule has 0 amide bonds. The molecule has 0 aliphatic heterocycles. The van der Waals surface area contributed by atoms with E-state index in [0.29, 0.717) is 6.42 Å². The summed E-state index contributed by atoms with van der Waals surface area (Å²) in [4.78, 5) is 2.47. The highest BCUT2D eigenvalue weighted by molar-refractivity contribution is 7.11. The molecule has 0 aliphatic rings. The van der Waals surface area contributed by atoms with Crippen LogP contribution in [-0.4, -0.2) is 18.8 Å². The first-order chi connectivity index (χ1) is 8.94. The van der Waals surface area contributed by atoms with Crippen LogP contribution < -0.4 is 5.32 Å². The second-order valence-electron chi connectivity index (χ2n) is 4.73. The van der Waals surface area contributed by atoms with Gasteiger partial charge in [0.2, 0.25) is 0 Å². The van der Waals surface area contributed by atoms with Gasteiger partial charge in [-0.2, -0.15) is 13.2 Å². The molecule has 0 aromatic carbocycles. The summed E-state index contributed by atoms with van der Waals surface area (Å²) in [6.07, 6.45) is -1.99. The van der Waals surface area contributed by atoms with Crippen LogP contribution in [0.5, 0.6) is 0 Å². The van der Waals surface area contributed by atoms with Crippen molar-refractivity contribution in [2.75, 3.05) is 6.54 Å².